The summed E-state index contributed by atoms with van der Waals surface area (Å²) in [5.41, 5.74) is 0.289. The standard InChI is InChI=1S/C14H20FN3OS/c1-2-5-16-13-12(8-10(15)9-17-13)14(19)18-11-3-6-20-7-4-11/h8-9,11H,2-7H2,1H3,(H,16,17)(H,18,19). The van der Waals surface area contributed by atoms with Crippen molar-refractivity contribution in [2.45, 2.75) is 32.2 Å². The van der Waals surface area contributed by atoms with E-state index in [1.54, 1.807) is 0 Å². The van der Waals surface area contributed by atoms with Crippen molar-refractivity contribution in [1.29, 1.82) is 0 Å². The Morgan fingerprint density at radius 3 is 2.95 bits per heavy atom. The molecule has 2 rings (SSSR count). The first kappa shape index (κ1) is 15.1. The van der Waals surface area contributed by atoms with Crippen molar-refractivity contribution < 1.29 is 9.18 Å². The third-order valence-corrected chi connectivity index (χ3v) is 4.25. The topological polar surface area (TPSA) is 54.0 Å². The number of rotatable bonds is 5. The average Bonchev–Trinajstić information content (AvgIpc) is 2.47. The molecule has 2 heterocycles. The van der Waals surface area contributed by atoms with Gasteiger partial charge in [-0.2, -0.15) is 11.8 Å². The molecule has 110 valence electrons. The van der Waals surface area contributed by atoms with Gasteiger partial charge in [0.2, 0.25) is 0 Å². The van der Waals surface area contributed by atoms with Crippen LogP contribution in [0.3, 0.4) is 0 Å². The minimum Gasteiger partial charge on any atom is -0.369 e. The quantitative estimate of drug-likeness (QED) is 0.877. The maximum atomic E-state index is 13.3. The lowest BCUT2D eigenvalue weighted by Crippen LogP contribution is -2.37. The first-order chi connectivity index (χ1) is 9.70. The van der Waals surface area contributed by atoms with Crippen molar-refractivity contribution in [1.82, 2.24) is 10.3 Å². The van der Waals surface area contributed by atoms with Gasteiger partial charge >= 0.3 is 0 Å². The van der Waals surface area contributed by atoms with Crippen molar-refractivity contribution >= 4 is 23.5 Å². The molecule has 0 unspecified atom stereocenters. The van der Waals surface area contributed by atoms with Gasteiger partial charge < -0.3 is 10.6 Å². The number of aromatic nitrogens is 1. The maximum Gasteiger partial charge on any atom is 0.255 e. The van der Waals surface area contributed by atoms with Gasteiger partial charge in [-0.3, -0.25) is 4.79 Å². The van der Waals surface area contributed by atoms with Crippen LogP contribution in [0.2, 0.25) is 0 Å². The smallest absolute Gasteiger partial charge is 0.255 e. The van der Waals surface area contributed by atoms with Crippen LogP contribution in [0.5, 0.6) is 0 Å². The van der Waals surface area contributed by atoms with Crippen LogP contribution in [0.1, 0.15) is 36.5 Å². The van der Waals surface area contributed by atoms with Gasteiger partial charge in [-0.1, -0.05) is 6.92 Å². The van der Waals surface area contributed by atoms with E-state index in [2.05, 4.69) is 15.6 Å². The van der Waals surface area contributed by atoms with E-state index in [4.69, 9.17) is 0 Å². The molecule has 0 aliphatic carbocycles. The minimum absolute atomic E-state index is 0.186. The van der Waals surface area contributed by atoms with Crippen LogP contribution in [-0.4, -0.2) is 35.0 Å². The Balaban J connectivity index is 2.08. The van der Waals surface area contributed by atoms with Gasteiger partial charge in [0, 0.05) is 12.6 Å². The molecular weight excluding hydrogens is 277 g/mol. The number of thioether (sulfide) groups is 1. The lowest BCUT2D eigenvalue weighted by atomic mass is 10.1. The zero-order chi connectivity index (χ0) is 14.4. The molecule has 20 heavy (non-hydrogen) atoms. The van der Waals surface area contributed by atoms with Crippen LogP contribution in [0.25, 0.3) is 0 Å². The number of hydrogen-bond acceptors (Lipinski definition) is 4. The Bertz CT molecular complexity index is 464. The Hall–Kier alpha value is -1.30. The summed E-state index contributed by atoms with van der Waals surface area (Å²) in [6.07, 6.45) is 3.99. The summed E-state index contributed by atoms with van der Waals surface area (Å²) in [6, 6.07) is 1.43. The normalized spacial score (nSPS) is 15.9. The predicted molar refractivity (Wildman–Crippen MR) is 80.8 cm³/mol. The monoisotopic (exact) mass is 297 g/mol. The zero-order valence-corrected chi connectivity index (χ0v) is 12.4. The Labute approximate surface area is 122 Å². The van der Waals surface area contributed by atoms with E-state index in [0.29, 0.717) is 12.4 Å². The fraction of sp³-hybridized carbons (Fsp3) is 0.571. The van der Waals surface area contributed by atoms with E-state index in [9.17, 15) is 9.18 Å². The lowest BCUT2D eigenvalue weighted by Gasteiger charge is -2.23. The van der Waals surface area contributed by atoms with Gasteiger partial charge in [0.05, 0.1) is 11.8 Å². The average molecular weight is 297 g/mol. The fourth-order valence-electron chi connectivity index (χ4n) is 2.10. The second-order valence-electron chi connectivity index (χ2n) is 4.84. The fourth-order valence-corrected chi connectivity index (χ4v) is 3.21. The predicted octanol–water partition coefficient (Wildman–Crippen LogP) is 2.67. The van der Waals surface area contributed by atoms with Crippen LogP contribution in [0, 0.1) is 5.82 Å². The van der Waals surface area contributed by atoms with Gasteiger partial charge in [-0.25, -0.2) is 9.37 Å². The number of hydrogen-bond donors (Lipinski definition) is 2. The second kappa shape index (κ2) is 7.47. The van der Waals surface area contributed by atoms with E-state index >= 15 is 0 Å². The van der Waals surface area contributed by atoms with E-state index in [1.807, 2.05) is 18.7 Å². The summed E-state index contributed by atoms with van der Waals surface area (Å²) in [5, 5.41) is 6.05. The molecule has 2 N–H and O–H groups in total. The SMILES string of the molecule is CCCNc1ncc(F)cc1C(=O)NC1CCSCC1. The summed E-state index contributed by atoms with van der Waals surface area (Å²) in [6.45, 7) is 2.73. The van der Waals surface area contributed by atoms with Gasteiger partial charge in [0.25, 0.3) is 5.91 Å². The first-order valence-corrected chi connectivity index (χ1v) is 8.14. The third kappa shape index (κ3) is 4.10. The number of anilines is 1. The summed E-state index contributed by atoms with van der Waals surface area (Å²) in [7, 11) is 0. The van der Waals surface area contributed by atoms with Gasteiger partial charge in [-0.05, 0) is 36.8 Å². The van der Waals surface area contributed by atoms with Crippen molar-refractivity contribution in [3.8, 4) is 0 Å². The molecule has 0 atom stereocenters. The van der Waals surface area contributed by atoms with Crippen molar-refractivity contribution in [3.05, 3.63) is 23.6 Å². The molecule has 1 saturated heterocycles. The van der Waals surface area contributed by atoms with Crippen molar-refractivity contribution in [2.24, 2.45) is 0 Å². The molecule has 0 radical (unpaired) electrons. The number of nitrogens with one attached hydrogen (secondary N) is 2. The molecule has 1 fully saturated rings. The summed E-state index contributed by atoms with van der Waals surface area (Å²) in [4.78, 5) is 16.3. The number of halogens is 1. The van der Waals surface area contributed by atoms with Gasteiger partial charge in [0.15, 0.2) is 0 Å². The van der Waals surface area contributed by atoms with E-state index in [-0.39, 0.29) is 17.5 Å². The number of carbonyl (C=O) groups is 1. The van der Waals surface area contributed by atoms with Gasteiger partial charge in [0.1, 0.15) is 11.6 Å². The highest BCUT2D eigenvalue weighted by atomic mass is 32.2. The van der Waals surface area contributed by atoms with E-state index in [1.165, 1.54) is 6.07 Å². The Kier molecular flexibility index (Phi) is 5.64. The Morgan fingerprint density at radius 1 is 1.50 bits per heavy atom. The highest BCUT2D eigenvalue weighted by Gasteiger charge is 2.19. The molecule has 1 aromatic rings. The van der Waals surface area contributed by atoms with Crippen molar-refractivity contribution in [2.75, 3.05) is 23.4 Å². The number of carbonyl (C=O) groups excluding carboxylic acids is 1. The third-order valence-electron chi connectivity index (χ3n) is 3.20. The highest BCUT2D eigenvalue weighted by Crippen LogP contribution is 2.19. The van der Waals surface area contributed by atoms with E-state index < -0.39 is 5.82 Å². The van der Waals surface area contributed by atoms with E-state index in [0.717, 1.165) is 37.0 Å². The van der Waals surface area contributed by atoms with Crippen LogP contribution in [-0.2, 0) is 0 Å². The summed E-state index contributed by atoms with van der Waals surface area (Å²) >= 11 is 1.90. The molecule has 0 spiro atoms. The molecule has 1 amide bonds. The van der Waals surface area contributed by atoms with Gasteiger partial charge in [-0.15, -0.1) is 0 Å². The molecule has 0 aromatic carbocycles. The minimum atomic E-state index is -0.489. The van der Waals surface area contributed by atoms with Crippen LogP contribution >= 0.6 is 11.8 Å². The summed E-state index contributed by atoms with van der Waals surface area (Å²) < 4.78 is 13.3. The van der Waals surface area contributed by atoms with Crippen LogP contribution in [0.4, 0.5) is 10.2 Å². The molecule has 6 heteroatoms. The molecule has 1 aliphatic heterocycles. The number of pyridine rings is 1. The van der Waals surface area contributed by atoms with Crippen LogP contribution in [0.15, 0.2) is 12.3 Å². The largest absolute Gasteiger partial charge is 0.369 e. The maximum absolute atomic E-state index is 13.3. The molecule has 0 saturated carbocycles. The summed E-state index contributed by atoms with van der Waals surface area (Å²) in [5.74, 6) is 1.85. The molecule has 0 bridgehead atoms. The molecular formula is C14H20FN3OS. The van der Waals surface area contributed by atoms with Crippen molar-refractivity contribution in [3.63, 3.8) is 0 Å². The zero-order valence-electron chi connectivity index (χ0n) is 11.6. The molecule has 1 aromatic heterocycles. The van der Waals surface area contributed by atoms with Crippen LogP contribution < -0.4 is 10.6 Å². The second-order valence-corrected chi connectivity index (χ2v) is 6.06. The molecule has 1 aliphatic rings. The lowest BCUT2D eigenvalue weighted by molar-refractivity contribution is 0.0935. The first-order valence-electron chi connectivity index (χ1n) is 6.98. The Morgan fingerprint density at radius 2 is 2.25 bits per heavy atom. The number of nitrogens with zero attached hydrogens (tertiary/aromatic N) is 1. The highest BCUT2D eigenvalue weighted by molar-refractivity contribution is 7.99. The number of amides is 1. The molecule has 4 nitrogen and oxygen atoms in total.